The predicted octanol–water partition coefficient (Wildman–Crippen LogP) is 3.63. The number of halogens is 2. The number of aromatic nitrogens is 2. The second-order valence-electron chi connectivity index (χ2n) is 6.03. The number of nitrogens with zero attached hydrogens (tertiary/aromatic N) is 3. The Hall–Kier alpha value is -1.80. The van der Waals surface area contributed by atoms with E-state index in [4.69, 9.17) is 26.1 Å². The molecule has 0 bridgehead atoms. The predicted molar refractivity (Wildman–Crippen MR) is 112 cm³/mol. The summed E-state index contributed by atoms with van der Waals surface area (Å²) in [7, 11) is 1.68. The summed E-state index contributed by atoms with van der Waals surface area (Å²) in [6, 6.07) is 7.93. The first-order chi connectivity index (χ1) is 12.7. The molecular weight excluding hydrogens is 407 g/mol. The zero-order chi connectivity index (χ0) is 17.9. The molecular formula is C18H20Cl2N4O2S. The number of anilines is 1. The van der Waals surface area contributed by atoms with Crippen molar-refractivity contribution in [2.24, 2.45) is 0 Å². The third-order valence-electron chi connectivity index (χ3n) is 4.30. The Labute approximate surface area is 172 Å². The number of fused-ring (bicyclic) bond motifs is 1. The van der Waals surface area contributed by atoms with Gasteiger partial charge in [0.05, 0.1) is 34.6 Å². The van der Waals surface area contributed by atoms with Gasteiger partial charge in [0.1, 0.15) is 18.1 Å². The lowest BCUT2D eigenvalue weighted by atomic mass is 10.2. The SMILES string of the molecule is COc1ccc2nc(N3CCNCC3COc3cncc(Cl)c3)sc2c1.Cl. The van der Waals surface area contributed by atoms with Gasteiger partial charge in [-0.15, -0.1) is 12.4 Å². The summed E-state index contributed by atoms with van der Waals surface area (Å²) in [4.78, 5) is 11.2. The maximum atomic E-state index is 5.98. The van der Waals surface area contributed by atoms with E-state index in [9.17, 15) is 0 Å². The van der Waals surface area contributed by atoms with Crippen molar-refractivity contribution in [2.45, 2.75) is 6.04 Å². The Morgan fingerprint density at radius 3 is 3.00 bits per heavy atom. The summed E-state index contributed by atoms with van der Waals surface area (Å²) in [6.45, 7) is 3.19. The standard InChI is InChI=1S/C18H19ClN4O2S.ClH/c1-24-14-2-3-16-17(7-14)26-18(22-16)23-5-4-20-9-13(23)11-25-15-6-12(19)8-21-10-15;/h2-3,6-8,10,13,20H,4-5,9,11H2,1H3;1H. The van der Waals surface area contributed by atoms with E-state index < -0.39 is 0 Å². The Bertz CT molecular complexity index is 908. The Morgan fingerprint density at radius 1 is 1.30 bits per heavy atom. The van der Waals surface area contributed by atoms with Crippen LogP contribution in [0.15, 0.2) is 36.7 Å². The molecule has 1 unspecified atom stereocenters. The second-order valence-corrected chi connectivity index (χ2v) is 7.48. The molecule has 1 atom stereocenters. The van der Waals surface area contributed by atoms with Gasteiger partial charge in [0.15, 0.2) is 5.13 Å². The van der Waals surface area contributed by atoms with Crippen LogP contribution in [0.4, 0.5) is 5.13 Å². The summed E-state index contributed by atoms with van der Waals surface area (Å²) < 4.78 is 12.4. The number of hydrogen-bond acceptors (Lipinski definition) is 7. The number of pyridine rings is 1. The number of benzene rings is 1. The fourth-order valence-corrected chi connectivity index (χ4v) is 4.22. The molecule has 0 saturated carbocycles. The number of piperazine rings is 1. The number of hydrogen-bond donors (Lipinski definition) is 1. The molecule has 0 radical (unpaired) electrons. The minimum atomic E-state index is 0. The van der Waals surface area contributed by atoms with Crippen molar-refractivity contribution in [1.29, 1.82) is 0 Å². The number of rotatable bonds is 5. The average molecular weight is 427 g/mol. The minimum Gasteiger partial charge on any atom is -0.497 e. The first-order valence-electron chi connectivity index (χ1n) is 8.38. The van der Waals surface area contributed by atoms with E-state index in [2.05, 4.69) is 15.2 Å². The van der Waals surface area contributed by atoms with Crippen LogP contribution in [0.25, 0.3) is 10.2 Å². The van der Waals surface area contributed by atoms with Crippen LogP contribution in [0.3, 0.4) is 0 Å². The minimum absolute atomic E-state index is 0. The van der Waals surface area contributed by atoms with E-state index >= 15 is 0 Å². The normalized spacial score (nSPS) is 16.8. The topological polar surface area (TPSA) is 59.5 Å². The summed E-state index contributed by atoms with van der Waals surface area (Å²) in [5, 5.41) is 5.01. The number of nitrogens with one attached hydrogen (secondary N) is 1. The van der Waals surface area contributed by atoms with Gasteiger partial charge in [0.25, 0.3) is 0 Å². The van der Waals surface area contributed by atoms with Crippen molar-refractivity contribution in [3.8, 4) is 11.5 Å². The Kier molecular flexibility index (Phi) is 6.59. The zero-order valence-electron chi connectivity index (χ0n) is 14.7. The van der Waals surface area contributed by atoms with Crippen molar-refractivity contribution in [2.75, 3.05) is 38.3 Å². The van der Waals surface area contributed by atoms with Gasteiger partial charge in [-0.1, -0.05) is 22.9 Å². The van der Waals surface area contributed by atoms with Crippen molar-refractivity contribution in [1.82, 2.24) is 15.3 Å². The van der Waals surface area contributed by atoms with Gasteiger partial charge in [-0.3, -0.25) is 4.98 Å². The van der Waals surface area contributed by atoms with Crippen LogP contribution < -0.4 is 19.7 Å². The van der Waals surface area contributed by atoms with Gasteiger partial charge in [0, 0.05) is 31.9 Å². The molecule has 0 spiro atoms. The smallest absolute Gasteiger partial charge is 0.186 e. The maximum absolute atomic E-state index is 5.98. The first-order valence-corrected chi connectivity index (χ1v) is 9.57. The van der Waals surface area contributed by atoms with Crippen molar-refractivity contribution in [3.63, 3.8) is 0 Å². The molecule has 144 valence electrons. The van der Waals surface area contributed by atoms with Crippen molar-refractivity contribution >= 4 is 50.7 Å². The van der Waals surface area contributed by atoms with Gasteiger partial charge in [0.2, 0.25) is 0 Å². The summed E-state index contributed by atoms with van der Waals surface area (Å²) in [5.74, 6) is 1.53. The highest BCUT2D eigenvalue weighted by Crippen LogP contribution is 2.32. The third-order valence-corrected chi connectivity index (χ3v) is 5.56. The first kappa shape index (κ1) is 19.9. The molecule has 6 nitrogen and oxygen atoms in total. The molecule has 0 amide bonds. The molecule has 3 heterocycles. The quantitative estimate of drug-likeness (QED) is 0.671. The molecule has 1 saturated heterocycles. The average Bonchev–Trinajstić information content (AvgIpc) is 3.09. The van der Waals surface area contributed by atoms with Crippen molar-refractivity contribution in [3.05, 3.63) is 41.7 Å². The van der Waals surface area contributed by atoms with E-state index in [1.807, 2.05) is 18.2 Å². The lowest BCUT2D eigenvalue weighted by Crippen LogP contribution is -2.54. The molecule has 4 rings (SSSR count). The lowest BCUT2D eigenvalue weighted by Gasteiger charge is -2.35. The number of methoxy groups -OCH3 is 1. The Morgan fingerprint density at radius 2 is 2.19 bits per heavy atom. The molecule has 1 aliphatic rings. The molecule has 1 N–H and O–H groups in total. The molecule has 1 fully saturated rings. The van der Waals surface area contributed by atoms with Gasteiger partial charge in [-0.05, 0) is 18.2 Å². The van der Waals surface area contributed by atoms with Crippen LogP contribution in [0.5, 0.6) is 11.5 Å². The van der Waals surface area contributed by atoms with Crippen LogP contribution in [-0.4, -0.2) is 49.4 Å². The van der Waals surface area contributed by atoms with E-state index in [1.54, 1.807) is 36.9 Å². The monoisotopic (exact) mass is 426 g/mol. The highest BCUT2D eigenvalue weighted by molar-refractivity contribution is 7.22. The highest BCUT2D eigenvalue weighted by atomic mass is 35.5. The third kappa shape index (κ3) is 4.55. The molecule has 2 aromatic heterocycles. The van der Waals surface area contributed by atoms with Crippen LogP contribution >= 0.6 is 35.3 Å². The largest absolute Gasteiger partial charge is 0.497 e. The molecule has 3 aromatic rings. The second kappa shape index (κ2) is 8.93. The Balaban J connectivity index is 0.00000210. The van der Waals surface area contributed by atoms with E-state index in [1.165, 1.54) is 0 Å². The van der Waals surface area contributed by atoms with Crippen LogP contribution in [-0.2, 0) is 0 Å². The fourth-order valence-electron chi connectivity index (χ4n) is 2.97. The molecule has 1 aliphatic heterocycles. The highest BCUT2D eigenvalue weighted by Gasteiger charge is 2.25. The van der Waals surface area contributed by atoms with Gasteiger partial charge < -0.3 is 19.7 Å². The van der Waals surface area contributed by atoms with Gasteiger partial charge in [-0.25, -0.2) is 4.98 Å². The van der Waals surface area contributed by atoms with Gasteiger partial charge >= 0.3 is 0 Å². The van der Waals surface area contributed by atoms with Crippen molar-refractivity contribution < 1.29 is 9.47 Å². The van der Waals surface area contributed by atoms with Crippen LogP contribution in [0.2, 0.25) is 5.02 Å². The van der Waals surface area contributed by atoms with E-state index in [0.29, 0.717) is 17.4 Å². The van der Waals surface area contributed by atoms with E-state index in [0.717, 1.165) is 40.7 Å². The lowest BCUT2D eigenvalue weighted by molar-refractivity contribution is 0.266. The molecule has 27 heavy (non-hydrogen) atoms. The number of thiazole rings is 1. The fraction of sp³-hybridized carbons (Fsp3) is 0.333. The molecule has 9 heteroatoms. The van der Waals surface area contributed by atoms with E-state index in [-0.39, 0.29) is 18.4 Å². The zero-order valence-corrected chi connectivity index (χ0v) is 17.1. The van der Waals surface area contributed by atoms with Gasteiger partial charge in [-0.2, -0.15) is 0 Å². The molecule has 0 aliphatic carbocycles. The summed E-state index contributed by atoms with van der Waals surface area (Å²) in [6.07, 6.45) is 3.27. The van der Waals surface area contributed by atoms with Crippen LogP contribution in [0.1, 0.15) is 0 Å². The molecule has 1 aromatic carbocycles. The van der Waals surface area contributed by atoms with Crippen LogP contribution in [0, 0.1) is 0 Å². The summed E-state index contributed by atoms with van der Waals surface area (Å²) in [5.41, 5.74) is 0.989. The summed E-state index contributed by atoms with van der Waals surface area (Å²) >= 11 is 7.66. The number of ether oxygens (including phenoxy) is 2. The maximum Gasteiger partial charge on any atom is 0.186 e.